The van der Waals surface area contributed by atoms with E-state index in [-0.39, 0.29) is 30.4 Å². The van der Waals surface area contributed by atoms with Crippen molar-refractivity contribution in [1.29, 1.82) is 0 Å². The standard InChI is InChI=1S/C26H32N2O5S/c1-26(2,3)33-25(32)21-10-7-14-28(21)23(30)12-11-22(29)20(16-18-13-15-34-17-18)27-24(31)19-8-5-4-6-9-19/h4-6,8-9,13,15,17,20-21H,7,10-12,14,16H2,1-3H3,(H,27,31)/t20?,21-/m0/s1. The average Bonchev–Trinajstić information content (AvgIpc) is 3.48. The van der Waals surface area contributed by atoms with Gasteiger partial charge < -0.3 is 15.0 Å². The largest absolute Gasteiger partial charge is 0.458 e. The Hall–Kier alpha value is -3.00. The zero-order chi connectivity index (χ0) is 24.7. The minimum atomic E-state index is -0.740. The molecule has 2 aromatic rings. The van der Waals surface area contributed by atoms with Crippen molar-refractivity contribution in [3.05, 3.63) is 58.3 Å². The van der Waals surface area contributed by atoms with Gasteiger partial charge in [-0.25, -0.2) is 4.79 Å². The summed E-state index contributed by atoms with van der Waals surface area (Å²) in [6, 6.07) is 9.29. The minimum absolute atomic E-state index is 0.0136. The summed E-state index contributed by atoms with van der Waals surface area (Å²) < 4.78 is 5.46. The Balaban J connectivity index is 1.62. The summed E-state index contributed by atoms with van der Waals surface area (Å²) in [6.45, 7) is 5.85. The van der Waals surface area contributed by atoms with Crippen molar-refractivity contribution < 1.29 is 23.9 Å². The van der Waals surface area contributed by atoms with Crippen LogP contribution in [0.3, 0.4) is 0 Å². The quantitative estimate of drug-likeness (QED) is 0.547. The average molecular weight is 485 g/mol. The third-order valence-electron chi connectivity index (χ3n) is 5.59. The van der Waals surface area contributed by atoms with Crippen molar-refractivity contribution in [2.75, 3.05) is 6.54 Å². The lowest BCUT2D eigenvalue weighted by Gasteiger charge is -2.27. The lowest BCUT2D eigenvalue weighted by molar-refractivity contribution is -0.163. The molecule has 7 nitrogen and oxygen atoms in total. The number of likely N-dealkylation sites (tertiary alicyclic amines) is 1. The second kappa shape index (κ2) is 11.4. The van der Waals surface area contributed by atoms with Crippen molar-refractivity contribution in [1.82, 2.24) is 10.2 Å². The molecule has 0 spiro atoms. The van der Waals surface area contributed by atoms with Crippen LogP contribution in [0.5, 0.6) is 0 Å². The van der Waals surface area contributed by atoms with Crippen molar-refractivity contribution in [2.45, 2.75) is 70.6 Å². The number of Topliss-reactive ketones (excluding diaryl/α,β-unsaturated/α-hetero) is 1. The van der Waals surface area contributed by atoms with E-state index in [1.54, 1.807) is 45.0 Å². The van der Waals surface area contributed by atoms with E-state index in [4.69, 9.17) is 4.74 Å². The Morgan fingerprint density at radius 3 is 2.50 bits per heavy atom. The molecule has 1 N–H and O–H groups in total. The number of carbonyl (C=O) groups excluding carboxylic acids is 4. The van der Waals surface area contributed by atoms with E-state index in [1.165, 1.54) is 16.2 Å². The number of hydrogen-bond donors (Lipinski definition) is 1. The molecule has 8 heteroatoms. The van der Waals surface area contributed by atoms with Crippen LogP contribution in [0.1, 0.15) is 62.4 Å². The summed E-state index contributed by atoms with van der Waals surface area (Å²) in [5.41, 5.74) is 0.794. The first-order valence-corrected chi connectivity index (χ1v) is 12.5. The number of hydrogen-bond acceptors (Lipinski definition) is 6. The van der Waals surface area contributed by atoms with Crippen LogP contribution in [0.4, 0.5) is 0 Å². The van der Waals surface area contributed by atoms with Crippen molar-refractivity contribution in [3.63, 3.8) is 0 Å². The van der Waals surface area contributed by atoms with Crippen LogP contribution in [-0.2, 0) is 25.5 Å². The zero-order valence-corrected chi connectivity index (χ0v) is 20.7. The highest BCUT2D eigenvalue weighted by Gasteiger charge is 2.37. The second-order valence-corrected chi connectivity index (χ2v) is 10.3. The monoisotopic (exact) mass is 484 g/mol. The minimum Gasteiger partial charge on any atom is -0.458 e. The Kier molecular flexibility index (Phi) is 8.61. The normalized spacial score (nSPS) is 16.7. The Morgan fingerprint density at radius 2 is 1.85 bits per heavy atom. The SMILES string of the molecule is CC(C)(C)OC(=O)[C@@H]1CCCN1C(=O)CCC(=O)C(Cc1ccsc1)NC(=O)c1ccccc1. The van der Waals surface area contributed by atoms with E-state index in [9.17, 15) is 19.2 Å². The molecular weight excluding hydrogens is 452 g/mol. The van der Waals surface area contributed by atoms with Gasteiger partial charge in [0.15, 0.2) is 5.78 Å². The highest BCUT2D eigenvalue weighted by molar-refractivity contribution is 7.07. The zero-order valence-electron chi connectivity index (χ0n) is 19.9. The van der Waals surface area contributed by atoms with Gasteiger partial charge in [0.25, 0.3) is 5.91 Å². The summed E-state index contributed by atoms with van der Waals surface area (Å²) in [7, 11) is 0. The summed E-state index contributed by atoms with van der Waals surface area (Å²) in [5, 5.41) is 6.70. The van der Waals surface area contributed by atoms with Gasteiger partial charge in [-0.3, -0.25) is 14.4 Å². The van der Waals surface area contributed by atoms with E-state index in [2.05, 4.69) is 5.32 Å². The molecule has 1 aliphatic heterocycles. The number of ketones is 1. The third kappa shape index (κ3) is 7.25. The lowest BCUT2D eigenvalue weighted by atomic mass is 10.00. The molecule has 2 atom stereocenters. The summed E-state index contributed by atoms with van der Waals surface area (Å²) in [5.74, 6) is -1.19. The van der Waals surface area contributed by atoms with Gasteiger partial charge in [-0.2, -0.15) is 11.3 Å². The van der Waals surface area contributed by atoms with Crippen molar-refractivity contribution in [3.8, 4) is 0 Å². The fourth-order valence-electron chi connectivity index (χ4n) is 3.95. The fourth-order valence-corrected chi connectivity index (χ4v) is 4.63. The summed E-state index contributed by atoms with van der Waals surface area (Å²) >= 11 is 1.52. The molecule has 1 aromatic carbocycles. The molecule has 0 aliphatic carbocycles. The number of amides is 2. The van der Waals surface area contributed by atoms with Crippen LogP contribution in [-0.4, -0.2) is 52.7 Å². The number of nitrogens with zero attached hydrogens (tertiary/aromatic N) is 1. The first kappa shape index (κ1) is 25.6. The summed E-state index contributed by atoms with van der Waals surface area (Å²) in [4.78, 5) is 52.7. The number of esters is 1. The van der Waals surface area contributed by atoms with Crippen LogP contribution in [0.2, 0.25) is 0 Å². The first-order valence-electron chi connectivity index (χ1n) is 11.6. The van der Waals surface area contributed by atoms with Crippen LogP contribution in [0.25, 0.3) is 0 Å². The van der Waals surface area contributed by atoms with Crippen molar-refractivity contribution in [2.24, 2.45) is 0 Å². The van der Waals surface area contributed by atoms with Crippen LogP contribution in [0, 0.1) is 0 Å². The topological polar surface area (TPSA) is 92.8 Å². The molecule has 1 unspecified atom stereocenters. The first-order chi connectivity index (χ1) is 16.1. The van der Waals surface area contributed by atoms with Crippen LogP contribution >= 0.6 is 11.3 Å². The number of rotatable bonds is 9. The maximum atomic E-state index is 13.1. The van der Waals surface area contributed by atoms with Gasteiger partial charge in [0, 0.05) is 31.4 Å². The maximum absolute atomic E-state index is 13.1. The Bertz CT molecular complexity index is 998. The van der Waals surface area contributed by atoms with Gasteiger partial charge in [-0.05, 0) is 68.1 Å². The fraction of sp³-hybridized carbons (Fsp3) is 0.462. The number of nitrogens with one attached hydrogen (secondary N) is 1. The predicted molar refractivity (Wildman–Crippen MR) is 131 cm³/mol. The molecule has 1 aliphatic rings. The summed E-state index contributed by atoms with van der Waals surface area (Å²) in [6.07, 6.45) is 1.61. The van der Waals surface area contributed by atoms with Gasteiger partial charge in [-0.1, -0.05) is 18.2 Å². The maximum Gasteiger partial charge on any atom is 0.329 e. The molecule has 1 aromatic heterocycles. The van der Waals surface area contributed by atoms with E-state index in [0.29, 0.717) is 24.9 Å². The number of carbonyl (C=O) groups is 4. The van der Waals surface area contributed by atoms with Crippen LogP contribution < -0.4 is 5.32 Å². The molecule has 0 saturated carbocycles. The highest BCUT2D eigenvalue weighted by atomic mass is 32.1. The van der Waals surface area contributed by atoms with Gasteiger partial charge in [0.05, 0.1) is 6.04 Å². The third-order valence-corrected chi connectivity index (χ3v) is 6.32. The molecule has 34 heavy (non-hydrogen) atoms. The number of ether oxygens (including phenoxy) is 1. The molecule has 1 saturated heterocycles. The van der Waals surface area contributed by atoms with E-state index in [1.807, 2.05) is 22.9 Å². The lowest BCUT2D eigenvalue weighted by Crippen LogP contribution is -2.45. The Labute approximate surface area is 204 Å². The van der Waals surface area contributed by atoms with Gasteiger partial charge in [-0.15, -0.1) is 0 Å². The van der Waals surface area contributed by atoms with E-state index < -0.39 is 23.7 Å². The molecule has 0 radical (unpaired) electrons. The van der Waals surface area contributed by atoms with Gasteiger partial charge in [0.1, 0.15) is 11.6 Å². The smallest absolute Gasteiger partial charge is 0.329 e. The Morgan fingerprint density at radius 1 is 1.12 bits per heavy atom. The predicted octanol–water partition coefficient (Wildman–Crippen LogP) is 3.77. The number of benzene rings is 1. The molecular formula is C26H32N2O5S. The van der Waals surface area contributed by atoms with Gasteiger partial charge >= 0.3 is 5.97 Å². The second-order valence-electron chi connectivity index (χ2n) is 9.47. The van der Waals surface area contributed by atoms with E-state index in [0.717, 1.165) is 12.0 Å². The van der Waals surface area contributed by atoms with Crippen LogP contribution in [0.15, 0.2) is 47.2 Å². The van der Waals surface area contributed by atoms with Gasteiger partial charge in [0.2, 0.25) is 5.91 Å². The highest BCUT2D eigenvalue weighted by Crippen LogP contribution is 2.22. The van der Waals surface area contributed by atoms with Crippen molar-refractivity contribution >= 4 is 34.9 Å². The molecule has 2 amide bonds. The molecule has 1 fully saturated rings. The number of thiophene rings is 1. The molecule has 3 rings (SSSR count). The van der Waals surface area contributed by atoms with E-state index >= 15 is 0 Å². The molecule has 0 bridgehead atoms. The molecule has 182 valence electrons. The molecule has 2 heterocycles.